The van der Waals surface area contributed by atoms with E-state index < -0.39 is 0 Å². The third-order valence-corrected chi connectivity index (χ3v) is 17.3. The molecule has 0 aliphatic rings. The zero-order valence-electron chi connectivity index (χ0n) is 40.1. The Bertz CT molecular complexity index is 4360. The van der Waals surface area contributed by atoms with E-state index in [4.69, 9.17) is 0 Å². The number of fused-ring (bicyclic) bond motifs is 12. The van der Waals surface area contributed by atoms with Crippen LogP contribution in [0.2, 0.25) is 0 Å². The van der Waals surface area contributed by atoms with Crippen LogP contribution in [0, 0.1) is 0 Å². The summed E-state index contributed by atoms with van der Waals surface area (Å²) in [6, 6.07) is 98.5. The fourth-order valence-electron chi connectivity index (χ4n) is 11.5. The van der Waals surface area contributed by atoms with Crippen LogP contribution in [0.4, 0.5) is 34.1 Å². The van der Waals surface area contributed by atoms with Crippen LogP contribution in [0.25, 0.3) is 106 Å². The normalized spacial score (nSPS) is 11.8. The largest absolute Gasteiger partial charge is 0.310 e. The lowest BCUT2D eigenvalue weighted by atomic mass is 9.97. The van der Waals surface area contributed by atoms with Crippen LogP contribution in [-0.4, -0.2) is 0 Å². The van der Waals surface area contributed by atoms with Gasteiger partial charge in [0.25, 0.3) is 0 Å². The standard InChI is InChI=1S/C70H44N2S2/c1-3-15-55-49(13-1)41-65(59-19-7-5-17-57(55)59)71(53-37-39-63-61-21-9-11-23-67(61)73-69(63)43-53)51-33-29-47(30-34-51)45-25-27-46(28-26-45)48-31-35-52(36-32-48)72(54-38-40-64-62-22-10-12-24-68(62)74-70(64)44-54)66-42-50-14-2-4-16-56(50)58-18-6-8-20-60(58)66/h1-44H. The second-order valence-corrected chi connectivity index (χ2v) is 21.4. The molecule has 2 heterocycles. The Morgan fingerprint density at radius 1 is 0.203 bits per heavy atom. The third kappa shape index (κ3) is 7.06. The maximum Gasteiger partial charge on any atom is 0.0546 e. The monoisotopic (exact) mass is 976 g/mol. The van der Waals surface area contributed by atoms with Gasteiger partial charge in [-0.3, -0.25) is 0 Å². The Morgan fingerprint density at radius 3 is 0.905 bits per heavy atom. The summed E-state index contributed by atoms with van der Waals surface area (Å²) in [5.41, 5.74) is 11.5. The summed E-state index contributed by atoms with van der Waals surface area (Å²) in [5, 5.41) is 15.1. The van der Waals surface area contributed by atoms with Gasteiger partial charge in [-0.25, -0.2) is 0 Å². The molecule has 0 atom stereocenters. The topological polar surface area (TPSA) is 6.48 Å². The molecule has 15 aromatic rings. The van der Waals surface area contributed by atoms with Crippen LogP contribution >= 0.6 is 22.7 Å². The molecular weight excluding hydrogens is 933 g/mol. The van der Waals surface area contributed by atoms with Gasteiger partial charge in [0.05, 0.1) is 11.4 Å². The molecule has 74 heavy (non-hydrogen) atoms. The Balaban J connectivity index is 0.783. The maximum atomic E-state index is 2.45. The van der Waals surface area contributed by atoms with Crippen molar-refractivity contribution in [3.05, 3.63) is 267 Å². The number of nitrogens with zero attached hydrogens (tertiary/aromatic N) is 2. The minimum Gasteiger partial charge on any atom is -0.310 e. The molecular formula is C70H44N2S2. The van der Waals surface area contributed by atoms with Crippen LogP contribution in [0.3, 0.4) is 0 Å². The quantitative estimate of drug-likeness (QED) is 0.140. The van der Waals surface area contributed by atoms with Crippen molar-refractivity contribution < 1.29 is 0 Å². The van der Waals surface area contributed by atoms with E-state index in [9.17, 15) is 0 Å². The molecule has 0 saturated heterocycles. The average Bonchev–Trinajstić information content (AvgIpc) is 4.04. The van der Waals surface area contributed by atoms with E-state index in [2.05, 4.69) is 277 Å². The molecule has 0 saturated carbocycles. The first-order valence-electron chi connectivity index (χ1n) is 25.2. The Morgan fingerprint density at radius 2 is 0.500 bits per heavy atom. The first kappa shape index (κ1) is 42.6. The first-order chi connectivity index (χ1) is 36.7. The number of rotatable bonds is 8. The minimum absolute atomic E-state index is 1.11. The SMILES string of the molecule is c1ccc2c(c1)cc(N(c1ccc(-c3ccc(-c4ccc(N(c5ccc6c(c5)sc5ccccc56)c5cc6ccccc6c6ccccc56)cc4)cc3)cc1)c1ccc3c(c1)sc1ccccc13)c1ccccc12. The van der Waals surface area contributed by atoms with Gasteiger partial charge in [0.1, 0.15) is 0 Å². The number of hydrogen-bond donors (Lipinski definition) is 0. The zero-order valence-corrected chi connectivity index (χ0v) is 41.7. The summed E-state index contributed by atoms with van der Waals surface area (Å²) in [6.45, 7) is 0. The fraction of sp³-hybridized carbons (Fsp3) is 0. The average molecular weight is 977 g/mol. The Hall–Kier alpha value is -9.06. The lowest BCUT2D eigenvalue weighted by Gasteiger charge is -2.28. The van der Waals surface area contributed by atoms with E-state index in [0.717, 1.165) is 34.1 Å². The predicted molar refractivity (Wildman–Crippen MR) is 322 cm³/mol. The number of anilines is 6. The molecule has 0 N–H and O–H groups in total. The number of hydrogen-bond acceptors (Lipinski definition) is 4. The van der Waals surface area contributed by atoms with Gasteiger partial charge < -0.3 is 9.80 Å². The summed E-state index contributed by atoms with van der Waals surface area (Å²) in [7, 11) is 0. The second kappa shape index (κ2) is 17.3. The Labute approximate surface area is 436 Å². The van der Waals surface area contributed by atoms with Gasteiger partial charge in [0.2, 0.25) is 0 Å². The molecule has 4 heteroatoms. The van der Waals surface area contributed by atoms with Gasteiger partial charge in [-0.1, -0.05) is 194 Å². The van der Waals surface area contributed by atoms with E-state index in [0.29, 0.717) is 0 Å². The van der Waals surface area contributed by atoms with Gasteiger partial charge in [-0.05, 0) is 127 Å². The zero-order chi connectivity index (χ0) is 48.7. The highest BCUT2D eigenvalue weighted by Crippen LogP contribution is 2.47. The molecule has 0 radical (unpaired) electrons. The highest BCUT2D eigenvalue weighted by atomic mass is 32.1. The second-order valence-electron chi connectivity index (χ2n) is 19.2. The van der Waals surface area contributed by atoms with E-state index >= 15 is 0 Å². The van der Waals surface area contributed by atoms with Crippen molar-refractivity contribution in [3.8, 4) is 22.3 Å². The Kier molecular flexibility index (Phi) is 9.97. The molecule has 15 rings (SSSR count). The van der Waals surface area contributed by atoms with Crippen LogP contribution in [-0.2, 0) is 0 Å². The maximum absolute atomic E-state index is 2.45. The summed E-state index contributed by atoms with van der Waals surface area (Å²) in [5.74, 6) is 0. The molecule has 0 unspecified atom stereocenters. The molecule has 0 aliphatic carbocycles. The van der Waals surface area contributed by atoms with Crippen LogP contribution in [0.1, 0.15) is 0 Å². The molecule has 0 spiro atoms. The summed E-state index contributed by atoms with van der Waals surface area (Å²) in [6.07, 6.45) is 0. The smallest absolute Gasteiger partial charge is 0.0546 e. The first-order valence-corrected chi connectivity index (χ1v) is 26.9. The molecule has 0 bridgehead atoms. The lowest BCUT2D eigenvalue weighted by Crippen LogP contribution is -2.10. The number of thiophene rings is 2. The predicted octanol–water partition coefficient (Wildman–Crippen LogP) is 21.3. The van der Waals surface area contributed by atoms with Crippen molar-refractivity contribution in [2.24, 2.45) is 0 Å². The molecule has 0 amide bonds. The summed E-state index contributed by atoms with van der Waals surface area (Å²) in [4.78, 5) is 4.89. The molecule has 0 aliphatic heterocycles. The van der Waals surface area contributed by atoms with E-state index in [1.54, 1.807) is 0 Å². The summed E-state index contributed by atoms with van der Waals surface area (Å²) < 4.78 is 5.19. The van der Waals surface area contributed by atoms with Crippen molar-refractivity contribution >= 4 is 140 Å². The highest BCUT2D eigenvalue weighted by Gasteiger charge is 2.21. The van der Waals surface area contributed by atoms with Crippen LogP contribution in [0.15, 0.2) is 267 Å². The lowest BCUT2D eigenvalue weighted by molar-refractivity contribution is 1.31. The van der Waals surface area contributed by atoms with E-state index in [1.165, 1.54) is 106 Å². The molecule has 13 aromatic carbocycles. The van der Waals surface area contributed by atoms with Crippen molar-refractivity contribution in [1.29, 1.82) is 0 Å². The number of benzene rings is 13. The summed E-state index contributed by atoms with van der Waals surface area (Å²) >= 11 is 3.72. The molecule has 2 aromatic heterocycles. The van der Waals surface area contributed by atoms with Crippen LogP contribution in [0.5, 0.6) is 0 Å². The molecule has 2 nitrogen and oxygen atoms in total. The highest BCUT2D eigenvalue weighted by molar-refractivity contribution is 7.26. The van der Waals surface area contributed by atoms with Crippen molar-refractivity contribution in [2.75, 3.05) is 9.80 Å². The van der Waals surface area contributed by atoms with Gasteiger partial charge in [-0.2, -0.15) is 0 Å². The van der Waals surface area contributed by atoms with Gasteiger partial charge in [-0.15, -0.1) is 22.7 Å². The minimum atomic E-state index is 1.11. The van der Waals surface area contributed by atoms with Crippen LogP contribution < -0.4 is 9.80 Å². The fourth-order valence-corrected chi connectivity index (χ4v) is 13.7. The van der Waals surface area contributed by atoms with E-state index in [-0.39, 0.29) is 0 Å². The van der Waals surface area contributed by atoms with Crippen molar-refractivity contribution in [3.63, 3.8) is 0 Å². The van der Waals surface area contributed by atoms with Crippen molar-refractivity contribution in [1.82, 2.24) is 0 Å². The van der Waals surface area contributed by atoms with Crippen molar-refractivity contribution in [2.45, 2.75) is 0 Å². The molecule has 346 valence electrons. The third-order valence-electron chi connectivity index (χ3n) is 15.0. The van der Waals surface area contributed by atoms with Gasteiger partial charge in [0, 0.05) is 73.9 Å². The van der Waals surface area contributed by atoms with Gasteiger partial charge >= 0.3 is 0 Å². The van der Waals surface area contributed by atoms with Gasteiger partial charge in [0.15, 0.2) is 0 Å². The molecule has 0 fully saturated rings. The van der Waals surface area contributed by atoms with E-state index in [1.807, 2.05) is 22.7 Å².